The highest BCUT2D eigenvalue weighted by Gasteiger charge is 2.32. The Kier molecular flexibility index (Phi) is 6.06. The van der Waals surface area contributed by atoms with Crippen LogP contribution in [0.5, 0.6) is 0 Å². The van der Waals surface area contributed by atoms with Gasteiger partial charge in [-0.3, -0.25) is 14.2 Å². The summed E-state index contributed by atoms with van der Waals surface area (Å²) in [5, 5.41) is 1.04. The molecule has 0 amide bonds. The monoisotopic (exact) mass is 465 g/mol. The van der Waals surface area contributed by atoms with E-state index in [9.17, 15) is 9.59 Å². The van der Waals surface area contributed by atoms with E-state index < -0.39 is 0 Å². The molecule has 0 fully saturated rings. The lowest BCUT2D eigenvalue weighted by Gasteiger charge is -2.23. The van der Waals surface area contributed by atoms with Crippen LogP contribution >= 0.6 is 0 Å². The average Bonchev–Trinajstić information content (AvgIpc) is 3.21. The fourth-order valence-electron chi connectivity index (χ4n) is 5.03. The summed E-state index contributed by atoms with van der Waals surface area (Å²) in [5.41, 5.74) is 5.90. The largest absolute Gasteiger partial charge is 0.461 e. The van der Waals surface area contributed by atoms with Gasteiger partial charge < -0.3 is 4.74 Å². The summed E-state index contributed by atoms with van der Waals surface area (Å²) in [6, 6.07) is 25.7. The Morgan fingerprint density at radius 3 is 2.31 bits per heavy atom. The maximum Gasteiger partial charge on any atom is 0.309 e. The molecule has 0 radical (unpaired) electrons. The van der Waals surface area contributed by atoms with Crippen molar-refractivity contribution >= 4 is 22.8 Å². The molecule has 0 saturated carbocycles. The SMILES string of the molecule is CC(C)(C)c1ccc(C(=O)n2c3c(c4ccccc42)CC(C(=O)OCc2ccccc2)CC3)cc1. The van der Waals surface area contributed by atoms with Gasteiger partial charge in [-0.05, 0) is 59.6 Å². The molecule has 1 aliphatic carbocycles. The summed E-state index contributed by atoms with van der Waals surface area (Å²) in [6.07, 6.45) is 1.93. The Balaban J connectivity index is 1.43. The number of hydrogen-bond donors (Lipinski definition) is 0. The van der Waals surface area contributed by atoms with E-state index in [0.29, 0.717) is 24.8 Å². The van der Waals surface area contributed by atoms with Crippen LogP contribution in [-0.2, 0) is 34.4 Å². The molecule has 178 valence electrons. The van der Waals surface area contributed by atoms with E-state index in [4.69, 9.17) is 4.74 Å². The van der Waals surface area contributed by atoms with Crippen molar-refractivity contribution in [2.75, 3.05) is 0 Å². The minimum Gasteiger partial charge on any atom is -0.461 e. The van der Waals surface area contributed by atoms with Crippen LogP contribution < -0.4 is 0 Å². The van der Waals surface area contributed by atoms with Crippen LogP contribution in [0.4, 0.5) is 0 Å². The molecule has 0 N–H and O–H groups in total. The number of hydrogen-bond acceptors (Lipinski definition) is 3. The van der Waals surface area contributed by atoms with Gasteiger partial charge in [-0.25, -0.2) is 0 Å². The number of ether oxygens (including phenoxy) is 1. The first-order valence-corrected chi connectivity index (χ1v) is 12.3. The lowest BCUT2D eigenvalue weighted by Crippen LogP contribution is -2.26. The molecule has 1 aromatic heterocycles. The van der Waals surface area contributed by atoms with Gasteiger partial charge in [0.25, 0.3) is 5.91 Å². The smallest absolute Gasteiger partial charge is 0.309 e. The molecule has 1 unspecified atom stereocenters. The number of carbonyl (C=O) groups excluding carboxylic acids is 2. The fourth-order valence-corrected chi connectivity index (χ4v) is 5.03. The van der Waals surface area contributed by atoms with Gasteiger partial charge in [0.2, 0.25) is 0 Å². The summed E-state index contributed by atoms with van der Waals surface area (Å²) in [6.45, 7) is 6.79. The standard InChI is InChI=1S/C31H31NO3/c1-31(2,3)24-16-13-22(14-17-24)29(33)32-27-12-8-7-11-25(27)26-19-23(15-18-28(26)32)30(34)35-20-21-9-5-4-6-10-21/h4-14,16-17,23H,15,18-20H2,1-3H3. The lowest BCUT2D eigenvalue weighted by atomic mass is 9.86. The van der Waals surface area contributed by atoms with E-state index in [1.165, 1.54) is 5.56 Å². The zero-order valence-corrected chi connectivity index (χ0v) is 20.6. The van der Waals surface area contributed by atoms with E-state index in [1.54, 1.807) is 0 Å². The van der Waals surface area contributed by atoms with Crippen LogP contribution in [0.3, 0.4) is 0 Å². The zero-order valence-electron chi connectivity index (χ0n) is 20.6. The Morgan fingerprint density at radius 1 is 0.914 bits per heavy atom. The van der Waals surface area contributed by atoms with Crippen LogP contribution in [-0.4, -0.2) is 16.4 Å². The highest BCUT2D eigenvalue weighted by molar-refractivity contribution is 6.04. The molecular formula is C31H31NO3. The van der Waals surface area contributed by atoms with E-state index in [0.717, 1.165) is 27.7 Å². The second-order valence-corrected chi connectivity index (χ2v) is 10.4. The highest BCUT2D eigenvalue weighted by atomic mass is 16.5. The quantitative estimate of drug-likeness (QED) is 0.324. The lowest BCUT2D eigenvalue weighted by molar-refractivity contribution is -0.150. The van der Waals surface area contributed by atoms with Crippen LogP contribution in [0.15, 0.2) is 78.9 Å². The Hall–Kier alpha value is -3.66. The molecule has 1 heterocycles. The van der Waals surface area contributed by atoms with Gasteiger partial charge in [0.05, 0.1) is 11.4 Å². The third-order valence-corrected chi connectivity index (χ3v) is 7.03. The average molecular weight is 466 g/mol. The molecule has 35 heavy (non-hydrogen) atoms. The van der Waals surface area contributed by atoms with Crippen molar-refractivity contribution in [3.8, 4) is 0 Å². The minimum atomic E-state index is -0.202. The molecule has 1 aliphatic rings. The number of carbonyl (C=O) groups is 2. The summed E-state index contributed by atoms with van der Waals surface area (Å²) < 4.78 is 7.51. The predicted octanol–water partition coefficient (Wildman–Crippen LogP) is 6.48. The maximum absolute atomic E-state index is 13.7. The zero-order chi connectivity index (χ0) is 24.6. The van der Waals surface area contributed by atoms with Crippen molar-refractivity contribution in [2.24, 2.45) is 5.92 Å². The molecule has 1 atom stereocenters. The van der Waals surface area contributed by atoms with Gasteiger partial charge in [0.15, 0.2) is 0 Å². The molecule has 0 saturated heterocycles. The first kappa shape index (κ1) is 23.1. The predicted molar refractivity (Wildman–Crippen MR) is 139 cm³/mol. The van der Waals surface area contributed by atoms with Crippen molar-refractivity contribution in [3.63, 3.8) is 0 Å². The van der Waals surface area contributed by atoms with Gasteiger partial charge in [0, 0.05) is 16.6 Å². The summed E-state index contributed by atoms with van der Waals surface area (Å²) >= 11 is 0. The molecule has 3 aromatic carbocycles. The summed E-state index contributed by atoms with van der Waals surface area (Å²) in [7, 11) is 0. The van der Waals surface area contributed by atoms with Gasteiger partial charge in [-0.15, -0.1) is 0 Å². The van der Waals surface area contributed by atoms with E-state index in [1.807, 2.05) is 77.4 Å². The Labute approximate surface area is 206 Å². The van der Waals surface area contributed by atoms with Crippen molar-refractivity contribution < 1.29 is 14.3 Å². The fraction of sp³-hybridized carbons (Fsp3) is 0.290. The molecule has 4 aromatic rings. The summed E-state index contributed by atoms with van der Waals surface area (Å²) in [4.78, 5) is 26.6. The van der Waals surface area contributed by atoms with Crippen molar-refractivity contribution in [2.45, 2.75) is 52.1 Å². The highest BCUT2D eigenvalue weighted by Crippen LogP contribution is 2.35. The van der Waals surface area contributed by atoms with E-state index in [-0.39, 0.29) is 29.8 Å². The topological polar surface area (TPSA) is 48.3 Å². The Morgan fingerprint density at radius 2 is 1.60 bits per heavy atom. The summed E-state index contributed by atoms with van der Waals surface area (Å²) in [5.74, 6) is -0.389. The molecule has 5 rings (SSSR count). The minimum absolute atomic E-state index is 0.0204. The maximum atomic E-state index is 13.7. The number of benzene rings is 3. The number of rotatable bonds is 4. The molecule has 0 bridgehead atoms. The van der Waals surface area contributed by atoms with Crippen molar-refractivity contribution in [1.82, 2.24) is 4.57 Å². The van der Waals surface area contributed by atoms with Crippen LogP contribution in [0.1, 0.15) is 59.9 Å². The molecule has 4 heteroatoms. The van der Waals surface area contributed by atoms with Crippen LogP contribution in [0.2, 0.25) is 0 Å². The number of aromatic nitrogens is 1. The van der Waals surface area contributed by atoms with E-state index in [2.05, 4.69) is 26.8 Å². The van der Waals surface area contributed by atoms with Crippen LogP contribution in [0.25, 0.3) is 10.9 Å². The molecular weight excluding hydrogens is 434 g/mol. The third-order valence-electron chi connectivity index (χ3n) is 7.03. The van der Waals surface area contributed by atoms with Gasteiger partial charge >= 0.3 is 5.97 Å². The third kappa shape index (κ3) is 4.53. The first-order chi connectivity index (χ1) is 16.8. The number of nitrogens with zero attached hydrogens (tertiary/aromatic N) is 1. The second-order valence-electron chi connectivity index (χ2n) is 10.4. The molecule has 0 aliphatic heterocycles. The van der Waals surface area contributed by atoms with Crippen LogP contribution in [0, 0.1) is 5.92 Å². The normalized spacial score (nSPS) is 15.6. The second kappa shape index (κ2) is 9.18. The molecule has 0 spiro atoms. The van der Waals surface area contributed by atoms with Crippen molar-refractivity contribution in [1.29, 1.82) is 0 Å². The number of para-hydroxylation sites is 1. The number of fused-ring (bicyclic) bond motifs is 3. The van der Waals surface area contributed by atoms with Gasteiger partial charge in [-0.1, -0.05) is 81.4 Å². The Bertz CT molecular complexity index is 1370. The van der Waals surface area contributed by atoms with E-state index >= 15 is 0 Å². The number of esters is 1. The first-order valence-electron chi connectivity index (χ1n) is 12.3. The van der Waals surface area contributed by atoms with Gasteiger partial charge in [-0.2, -0.15) is 0 Å². The molecule has 4 nitrogen and oxygen atoms in total. The van der Waals surface area contributed by atoms with Crippen molar-refractivity contribution in [3.05, 3.63) is 107 Å². The van der Waals surface area contributed by atoms with Gasteiger partial charge in [0.1, 0.15) is 6.61 Å².